The standard InChI is InChI=1S/C73H64N4/c1-69-37-13-15-39-71(69,3)76(58-30-23-49(47-74)24-31-58)66-35-28-51(41-54(66)45-69)52-27-34-62-64(43-52)73(56-17-7-5-8-18-56,57-19-9-6-10-20-57)65-44-63(60-21-11-12-22-61(60)68(62)65)53-29-36-67-55(42-53)46-70(2)38-14-16-40-72(70,4)77(67)59-32-25-50(48-75)26-33-59/h5-12,17-36,41-44H,13-16,37-40,45-46H2,1-4H3. The van der Waals surface area contributed by atoms with Gasteiger partial charge in [-0.1, -0.05) is 149 Å². The van der Waals surface area contributed by atoms with Crippen molar-refractivity contribution >= 4 is 33.5 Å². The summed E-state index contributed by atoms with van der Waals surface area (Å²) in [6.45, 7) is 10.0. The van der Waals surface area contributed by atoms with E-state index in [1.54, 1.807) is 0 Å². The van der Waals surface area contributed by atoms with Gasteiger partial charge in [0.2, 0.25) is 0 Å². The lowest BCUT2D eigenvalue weighted by molar-refractivity contribution is 0.0863. The number of hydrogen-bond donors (Lipinski definition) is 0. The summed E-state index contributed by atoms with van der Waals surface area (Å²) in [6, 6.07) is 77.5. The maximum atomic E-state index is 9.78. The van der Waals surface area contributed by atoms with Crippen molar-refractivity contribution < 1.29 is 0 Å². The number of rotatable bonds is 6. The van der Waals surface area contributed by atoms with Gasteiger partial charge in [0.25, 0.3) is 0 Å². The van der Waals surface area contributed by atoms with Crippen LogP contribution in [0.5, 0.6) is 0 Å². The lowest BCUT2D eigenvalue weighted by Gasteiger charge is -2.60. The van der Waals surface area contributed by atoms with Crippen LogP contribution in [0.4, 0.5) is 22.7 Å². The molecule has 9 aromatic rings. The highest BCUT2D eigenvalue weighted by Crippen LogP contribution is 2.63. The Morgan fingerprint density at radius 2 is 0.857 bits per heavy atom. The molecule has 2 fully saturated rings. The van der Waals surface area contributed by atoms with Crippen LogP contribution in [0, 0.1) is 33.5 Å². The van der Waals surface area contributed by atoms with Gasteiger partial charge in [-0.15, -0.1) is 0 Å². The van der Waals surface area contributed by atoms with Gasteiger partial charge < -0.3 is 9.80 Å². The molecule has 4 nitrogen and oxygen atoms in total. The van der Waals surface area contributed by atoms with Crippen molar-refractivity contribution in [2.45, 2.75) is 108 Å². The number of nitriles is 2. The molecule has 9 aromatic carbocycles. The van der Waals surface area contributed by atoms with Crippen molar-refractivity contribution in [2.24, 2.45) is 10.8 Å². The monoisotopic (exact) mass is 997 g/mol. The summed E-state index contributed by atoms with van der Waals surface area (Å²) in [6.07, 6.45) is 11.6. The van der Waals surface area contributed by atoms with E-state index in [0.717, 1.165) is 37.1 Å². The molecule has 0 spiro atoms. The Labute approximate surface area is 454 Å². The van der Waals surface area contributed by atoms with E-state index in [1.165, 1.54) is 127 Å². The SMILES string of the molecule is CC12CCCCC1(C)N(c1ccc(C#N)cc1)c1ccc(-c3ccc4c(c3)C(c3ccccc3)(c3ccccc3)c3cc(-c5ccc6c(c5)CC5(C)CCCCC5(C)N6c5ccc(C#N)cc5)c5ccccc5c3-4)cc1C2. The molecule has 0 radical (unpaired) electrons. The molecular formula is C73H64N4. The number of nitrogens with zero attached hydrogens (tertiary/aromatic N) is 4. The molecule has 77 heavy (non-hydrogen) atoms. The van der Waals surface area contributed by atoms with Crippen molar-refractivity contribution in [3.63, 3.8) is 0 Å². The molecule has 0 aromatic heterocycles. The average molecular weight is 997 g/mol. The number of fused-ring (bicyclic) bond motifs is 9. The van der Waals surface area contributed by atoms with Gasteiger partial charge in [-0.3, -0.25) is 0 Å². The van der Waals surface area contributed by atoms with Crippen molar-refractivity contribution in [1.29, 1.82) is 10.5 Å². The summed E-state index contributed by atoms with van der Waals surface area (Å²) in [7, 11) is 0. The first kappa shape index (κ1) is 47.3. The Balaban J connectivity index is 0.964. The highest BCUT2D eigenvalue weighted by atomic mass is 15.2. The molecular weight excluding hydrogens is 933 g/mol. The summed E-state index contributed by atoms with van der Waals surface area (Å²) in [5.74, 6) is 0. The van der Waals surface area contributed by atoms with Crippen LogP contribution in [0.3, 0.4) is 0 Å². The number of hydrogen-bond acceptors (Lipinski definition) is 4. The topological polar surface area (TPSA) is 54.1 Å². The van der Waals surface area contributed by atoms with E-state index in [9.17, 15) is 10.5 Å². The van der Waals surface area contributed by atoms with Crippen LogP contribution in [0.25, 0.3) is 44.2 Å². The van der Waals surface area contributed by atoms with Crippen LogP contribution in [0.1, 0.15) is 124 Å². The van der Waals surface area contributed by atoms with Crippen LogP contribution < -0.4 is 9.80 Å². The van der Waals surface area contributed by atoms with Crippen LogP contribution in [0.2, 0.25) is 0 Å². The molecule has 4 atom stereocenters. The largest absolute Gasteiger partial charge is 0.335 e. The fraction of sp³-hybridized carbons (Fsp3) is 0.260. The summed E-state index contributed by atoms with van der Waals surface area (Å²) in [4.78, 5) is 5.27. The fourth-order valence-electron chi connectivity index (χ4n) is 16.0. The second-order valence-corrected chi connectivity index (χ2v) is 24.2. The highest BCUT2D eigenvalue weighted by Gasteiger charge is 2.56. The van der Waals surface area contributed by atoms with Crippen LogP contribution >= 0.6 is 0 Å². The first-order valence-electron chi connectivity index (χ1n) is 28.2. The zero-order valence-corrected chi connectivity index (χ0v) is 44.8. The normalized spacial score (nSPS) is 23.6. The van der Waals surface area contributed by atoms with E-state index in [-0.39, 0.29) is 21.9 Å². The quantitative estimate of drug-likeness (QED) is 0.167. The maximum Gasteiger partial charge on any atom is 0.0991 e. The molecule has 0 saturated heterocycles. The minimum absolute atomic E-state index is 0.0551. The van der Waals surface area contributed by atoms with Gasteiger partial charge in [0.15, 0.2) is 0 Å². The third kappa shape index (κ3) is 6.80. The molecule has 3 aliphatic carbocycles. The van der Waals surface area contributed by atoms with E-state index in [1.807, 2.05) is 24.3 Å². The van der Waals surface area contributed by atoms with E-state index in [0.29, 0.717) is 11.1 Å². The summed E-state index contributed by atoms with van der Waals surface area (Å²) >= 11 is 0. The van der Waals surface area contributed by atoms with Crippen molar-refractivity contribution in [2.75, 3.05) is 9.80 Å². The molecule has 0 amide bonds. The van der Waals surface area contributed by atoms with Crippen LogP contribution in [0.15, 0.2) is 194 Å². The van der Waals surface area contributed by atoms with Gasteiger partial charge in [-0.05, 0) is 226 Å². The lowest BCUT2D eigenvalue weighted by Crippen LogP contribution is -2.60. The number of benzene rings is 9. The predicted octanol–water partition coefficient (Wildman–Crippen LogP) is 18.3. The Bertz CT molecular complexity index is 3880. The van der Waals surface area contributed by atoms with Crippen molar-refractivity contribution in [1.82, 2.24) is 0 Å². The second kappa shape index (κ2) is 17.4. The Morgan fingerprint density at radius 3 is 1.39 bits per heavy atom. The summed E-state index contributed by atoms with van der Waals surface area (Å²) in [5, 5.41) is 22.1. The Kier molecular flexibility index (Phi) is 10.7. The van der Waals surface area contributed by atoms with E-state index in [2.05, 4.69) is 219 Å². The van der Waals surface area contributed by atoms with Crippen LogP contribution in [-0.4, -0.2) is 11.1 Å². The zero-order chi connectivity index (χ0) is 52.3. The molecule has 0 bridgehead atoms. The number of anilines is 4. The van der Waals surface area contributed by atoms with E-state index >= 15 is 0 Å². The molecule has 2 heterocycles. The summed E-state index contributed by atoms with van der Waals surface area (Å²) < 4.78 is 0. The third-order valence-electron chi connectivity index (χ3n) is 20.4. The second-order valence-electron chi connectivity index (χ2n) is 24.2. The zero-order valence-electron chi connectivity index (χ0n) is 44.8. The Morgan fingerprint density at radius 1 is 0.403 bits per heavy atom. The van der Waals surface area contributed by atoms with Gasteiger partial charge in [0.1, 0.15) is 0 Å². The summed E-state index contributed by atoms with van der Waals surface area (Å²) in [5.41, 5.74) is 21.1. The fourth-order valence-corrected chi connectivity index (χ4v) is 16.0. The maximum absolute atomic E-state index is 9.78. The highest BCUT2D eigenvalue weighted by molar-refractivity contribution is 6.10. The molecule has 14 rings (SSSR count). The van der Waals surface area contributed by atoms with Crippen molar-refractivity contribution in [3.05, 3.63) is 239 Å². The minimum Gasteiger partial charge on any atom is -0.335 e. The molecule has 0 N–H and O–H groups in total. The van der Waals surface area contributed by atoms with Gasteiger partial charge in [0, 0.05) is 33.8 Å². The molecule has 2 aliphatic heterocycles. The van der Waals surface area contributed by atoms with Crippen LogP contribution in [-0.2, 0) is 18.3 Å². The van der Waals surface area contributed by atoms with E-state index in [4.69, 9.17) is 0 Å². The Hall–Kier alpha value is -8.18. The smallest absolute Gasteiger partial charge is 0.0991 e. The van der Waals surface area contributed by atoms with Gasteiger partial charge in [-0.2, -0.15) is 10.5 Å². The van der Waals surface area contributed by atoms with E-state index < -0.39 is 5.41 Å². The molecule has 5 aliphatic rings. The third-order valence-corrected chi connectivity index (χ3v) is 20.4. The average Bonchev–Trinajstić information content (AvgIpc) is 3.93. The van der Waals surface area contributed by atoms with Gasteiger partial charge in [-0.25, -0.2) is 0 Å². The first-order chi connectivity index (χ1) is 37.5. The molecule has 4 heteroatoms. The van der Waals surface area contributed by atoms with Gasteiger partial charge >= 0.3 is 0 Å². The molecule has 376 valence electrons. The lowest BCUT2D eigenvalue weighted by atomic mass is 9.57. The molecule has 4 unspecified atom stereocenters. The first-order valence-corrected chi connectivity index (χ1v) is 28.2. The van der Waals surface area contributed by atoms with Gasteiger partial charge in [0.05, 0.1) is 28.7 Å². The van der Waals surface area contributed by atoms with Crippen molar-refractivity contribution in [3.8, 4) is 45.5 Å². The minimum atomic E-state index is -0.627. The predicted molar refractivity (Wildman–Crippen MR) is 316 cm³/mol. The molecule has 2 saturated carbocycles.